The predicted octanol–water partition coefficient (Wildman–Crippen LogP) is 1.63. The van der Waals surface area contributed by atoms with E-state index in [1.54, 1.807) is 6.08 Å². The number of nitrogens with zero attached hydrogens (tertiary/aromatic N) is 1. The molecule has 1 unspecified atom stereocenters. The van der Waals surface area contributed by atoms with Gasteiger partial charge in [0.05, 0.1) is 0 Å². The molecule has 12 heavy (non-hydrogen) atoms. The summed E-state index contributed by atoms with van der Waals surface area (Å²) in [5, 5.41) is 0.611. The van der Waals surface area contributed by atoms with Crippen LogP contribution in [0.5, 0.6) is 0 Å². The summed E-state index contributed by atoms with van der Waals surface area (Å²) in [5.41, 5.74) is 1.25. The molecule has 66 valence electrons. The molecule has 2 heterocycles. The van der Waals surface area contributed by atoms with Crippen molar-refractivity contribution >= 4 is 16.9 Å². The van der Waals surface area contributed by atoms with E-state index in [1.165, 1.54) is 30.3 Å². The third kappa shape index (κ3) is 1.38. The third-order valence-electron chi connectivity index (χ3n) is 2.45. The molecule has 2 aliphatic heterocycles. The highest BCUT2D eigenvalue weighted by Gasteiger charge is 2.27. The first-order valence-corrected chi connectivity index (χ1v) is 5.32. The standard InChI is InChI=1S/C9H13NOS/c1-7-8(6-9(11)12-7)10-4-2-3-5-10/h6-7H,2-5H2,1H3. The third-order valence-corrected chi connectivity index (χ3v) is 3.39. The molecule has 0 aromatic rings. The van der Waals surface area contributed by atoms with Gasteiger partial charge in [0.1, 0.15) is 0 Å². The average Bonchev–Trinajstić information content (AvgIpc) is 2.58. The van der Waals surface area contributed by atoms with Gasteiger partial charge in [-0.25, -0.2) is 0 Å². The minimum atomic E-state index is 0.226. The number of rotatable bonds is 1. The van der Waals surface area contributed by atoms with Crippen molar-refractivity contribution < 1.29 is 4.79 Å². The van der Waals surface area contributed by atoms with Crippen molar-refractivity contribution in [2.75, 3.05) is 13.1 Å². The molecule has 1 saturated heterocycles. The lowest BCUT2D eigenvalue weighted by atomic mass is 10.3. The van der Waals surface area contributed by atoms with Crippen LogP contribution in [0.15, 0.2) is 11.8 Å². The first-order chi connectivity index (χ1) is 5.77. The Balaban J connectivity index is 2.11. The topological polar surface area (TPSA) is 20.3 Å². The molecular weight excluding hydrogens is 170 g/mol. The first kappa shape index (κ1) is 8.17. The van der Waals surface area contributed by atoms with Crippen LogP contribution in [0.4, 0.5) is 0 Å². The molecule has 1 fully saturated rings. The highest BCUT2D eigenvalue weighted by atomic mass is 32.2. The lowest BCUT2D eigenvalue weighted by Crippen LogP contribution is -2.22. The minimum Gasteiger partial charge on any atom is -0.374 e. The average molecular weight is 183 g/mol. The highest BCUT2D eigenvalue weighted by molar-refractivity contribution is 8.15. The smallest absolute Gasteiger partial charge is 0.214 e. The van der Waals surface area contributed by atoms with Crippen molar-refractivity contribution in [3.63, 3.8) is 0 Å². The van der Waals surface area contributed by atoms with E-state index in [2.05, 4.69) is 11.8 Å². The lowest BCUT2D eigenvalue weighted by Gasteiger charge is -2.21. The van der Waals surface area contributed by atoms with Crippen LogP contribution in [0.3, 0.4) is 0 Å². The van der Waals surface area contributed by atoms with Gasteiger partial charge >= 0.3 is 0 Å². The second kappa shape index (κ2) is 3.13. The second-order valence-electron chi connectivity index (χ2n) is 3.34. The van der Waals surface area contributed by atoms with E-state index in [4.69, 9.17) is 0 Å². The van der Waals surface area contributed by atoms with E-state index in [0.717, 1.165) is 13.1 Å². The maximum absolute atomic E-state index is 11.1. The van der Waals surface area contributed by atoms with Crippen LogP contribution in [0.25, 0.3) is 0 Å². The Morgan fingerprint density at radius 3 is 2.67 bits per heavy atom. The van der Waals surface area contributed by atoms with E-state index in [1.807, 2.05) is 0 Å². The van der Waals surface area contributed by atoms with Crippen molar-refractivity contribution in [3.8, 4) is 0 Å². The van der Waals surface area contributed by atoms with Gasteiger partial charge in [-0.3, -0.25) is 4.79 Å². The summed E-state index contributed by atoms with van der Waals surface area (Å²) in [6, 6.07) is 0. The Morgan fingerprint density at radius 2 is 2.17 bits per heavy atom. The molecule has 2 rings (SSSR count). The minimum absolute atomic E-state index is 0.226. The van der Waals surface area contributed by atoms with E-state index in [0.29, 0.717) is 5.25 Å². The molecule has 2 aliphatic rings. The Morgan fingerprint density at radius 1 is 1.50 bits per heavy atom. The van der Waals surface area contributed by atoms with Crippen LogP contribution in [0, 0.1) is 0 Å². The lowest BCUT2D eigenvalue weighted by molar-refractivity contribution is -0.106. The Bertz CT molecular complexity index is 231. The number of hydrogen-bond donors (Lipinski definition) is 0. The zero-order valence-electron chi connectivity index (χ0n) is 7.25. The molecule has 0 saturated carbocycles. The first-order valence-electron chi connectivity index (χ1n) is 4.44. The van der Waals surface area contributed by atoms with Crippen molar-refractivity contribution in [1.29, 1.82) is 0 Å². The van der Waals surface area contributed by atoms with Gasteiger partial charge in [0.15, 0.2) is 0 Å². The zero-order chi connectivity index (χ0) is 8.55. The summed E-state index contributed by atoms with van der Waals surface area (Å²) >= 11 is 1.44. The molecular formula is C9H13NOS. The van der Waals surface area contributed by atoms with Gasteiger partial charge in [-0.15, -0.1) is 0 Å². The van der Waals surface area contributed by atoms with E-state index < -0.39 is 0 Å². The van der Waals surface area contributed by atoms with Gasteiger partial charge in [0.2, 0.25) is 5.12 Å². The van der Waals surface area contributed by atoms with Gasteiger partial charge in [0.25, 0.3) is 0 Å². The van der Waals surface area contributed by atoms with Gasteiger partial charge < -0.3 is 4.90 Å². The normalized spacial score (nSPS) is 29.8. The van der Waals surface area contributed by atoms with Crippen LogP contribution in [-0.2, 0) is 4.79 Å². The van der Waals surface area contributed by atoms with Gasteiger partial charge in [-0.1, -0.05) is 11.8 Å². The molecule has 3 heteroatoms. The van der Waals surface area contributed by atoms with Gasteiger partial charge in [0, 0.05) is 30.1 Å². The molecule has 0 spiro atoms. The number of thioether (sulfide) groups is 1. The van der Waals surface area contributed by atoms with Crippen molar-refractivity contribution in [2.24, 2.45) is 0 Å². The number of carbonyl (C=O) groups excluding carboxylic acids is 1. The van der Waals surface area contributed by atoms with Crippen LogP contribution in [0.1, 0.15) is 19.8 Å². The van der Waals surface area contributed by atoms with Crippen LogP contribution in [-0.4, -0.2) is 28.4 Å². The molecule has 0 radical (unpaired) electrons. The predicted molar refractivity (Wildman–Crippen MR) is 51.0 cm³/mol. The van der Waals surface area contributed by atoms with E-state index in [9.17, 15) is 4.79 Å². The molecule has 0 amide bonds. The molecule has 0 bridgehead atoms. The maximum Gasteiger partial charge on any atom is 0.214 e. The summed E-state index contributed by atoms with van der Waals surface area (Å²) in [6.45, 7) is 4.40. The van der Waals surface area contributed by atoms with Crippen LogP contribution in [0.2, 0.25) is 0 Å². The van der Waals surface area contributed by atoms with Crippen molar-refractivity contribution in [2.45, 2.75) is 25.0 Å². The molecule has 2 nitrogen and oxygen atoms in total. The largest absolute Gasteiger partial charge is 0.374 e. The molecule has 0 aromatic heterocycles. The van der Waals surface area contributed by atoms with Crippen LogP contribution < -0.4 is 0 Å². The zero-order valence-corrected chi connectivity index (χ0v) is 8.06. The Labute approximate surface area is 77.0 Å². The van der Waals surface area contributed by atoms with E-state index >= 15 is 0 Å². The molecule has 0 aliphatic carbocycles. The van der Waals surface area contributed by atoms with Gasteiger partial charge in [-0.2, -0.15) is 0 Å². The number of carbonyl (C=O) groups is 1. The van der Waals surface area contributed by atoms with Crippen molar-refractivity contribution in [1.82, 2.24) is 4.90 Å². The highest BCUT2D eigenvalue weighted by Crippen LogP contribution is 2.31. The summed E-state index contributed by atoms with van der Waals surface area (Å²) < 4.78 is 0. The van der Waals surface area contributed by atoms with Crippen molar-refractivity contribution in [3.05, 3.63) is 11.8 Å². The second-order valence-corrected chi connectivity index (χ2v) is 4.69. The van der Waals surface area contributed by atoms with Crippen LogP contribution >= 0.6 is 11.8 Å². The summed E-state index contributed by atoms with van der Waals surface area (Å²) in [7, 11) is 0. The molecule has 1 atom stereocenters. The van der Waals surface area contributed by atoms with E-state index in [-0.39, 0.29) is 5.12 Å². The van der Waals surface area contributed by atoms with Gasteiger partial charge in [-0.05, 0) is 19.8 Å². The summed E-state index contributed by atoms with van der Waals surface area (Å²) in [5.74, 6) is 0. The summed E-state index contributed by atoms with van der Waals surface area (Å²) in [6.07, 6.45) is 4.37. The SMILES string of the molecule is CC1SC(=O)C=C1N1CCCC1. The maximum atomic E-state index is 11.1. The number of likely N-dealkylation sites (tertiary alicyclic amines) is 1. The Kier molecular flexibility index (Phi) is 2.13. The summed E-state index contributed by atoms with van der Waals surface area (Å²) in [4.78, 5) is 13.4. The fraction of sp³-hybridized carbons (Fsp3) is 0.667. The Hall–Kier alpha value is -0.440. The fourth-order valence-electron chi connectivity index (χ4n) is 1.83. The fourth-order valence-corrected chi connectivity index (χ4v) is 2.71. The number of hydrogen-bond acceptors (Lipinski definition) is 3. The molecule has 0 N–H and O–H groups in total. The quantitative estimate of drug-likeness (QED) is 0.616. The molecule has 0 aromatic carbocycles. The monoisotopic (exact) mass is 183 g/mol.